The van der Waals surface area contributed by atoms with Gasteiger partial charge in [0.15, 0.2) is 0 Å². The van der Waals surface area contributed by atoms with Gasteiger partial charge in [-0.3, -0.25) is 15.0 Å². The van der Waals surface area contributed by atoms with Gasteiger partial charge in [-0.05, 0) is 0 Å². The van der Waals surface area contributed by atoms with Crippen molar-refractivity contribution in [2.75, 3.05) is 0 Å². The first kappa shape index (κ1) is 6.68. The predicted octanol–water partition coefficient (Wildman–Crippen LogP) is -0.751. The topological polar surface area (TPSA) is 49.4 Å². The number of nitrogens with zero attached hydrogens (tertiary/aromatic N) is 1. The lowest BCUT2D eigenvalue weighted by atomic mass is 10.9. The zero-order valence-corrected chi connectivity index (χ0v) is 4.20. The molecule has 0 aliphatic heterocycles. The van der Waals surface area contributed by atoms with Gasteiger partial charge >= 0.3 is 0 Å². The summed E-state index contributed by atoms with van der Waals surface area (Å²) in [5, 5.41) is 0.896. The Bertz CT molecular complexity index is 94.2. The molecule has 0 fully saturated rings. The summed E-state index contributed by atoms with van der Waals surface area (Å²) in [5.41, 5.74) is 2.05. The normalized spacial score (nSPS) is 7.00. The first-order chi connectivity index (χ1) is 3.85. The Balaban J connectivity index is 3.50. The van der Waals surface area contributed by atoms with Crippen molar-refractivity contribution in [3.05, 3.63) is 12.8 Å². The first-order valence-electron chi connectivity index (χ1n) is 1.91. The number of amides is 2. The van der Waals surface area contributed by atoms with Gasteiger partial charge in [0.2, 0.25) is 12.8 Å². The van der Waals surface area contributed by atoms with E-state index in [0.717, 1.165) is 5.01 Å². The van der Waals surface area contributed by atoms with Gasteiger partial charge in [0.05, 0.1) is 0 Å². The Morgan fingerprint density at radius 1 is 1.50 bits per heavy atom. The highest BCUT2D eigenvalue weighted by Crippen LogP contribution is 1.68. The third-order valence-corrected chi connectivity index (χ3v) is 0.512. The van der Waals surface area contributed by atoms with E-state index in [2.05, 4.69) is 6.58 Å². The molecule has 0 aromatic heterocycles. The molecule has 0 saturated carbocycles. The second-order valence-corrected chi connectivity index (χ2v) is 0.942. The predicted molar refractivity (Wildman–Crippen MR) is 27.3 cm³/mol. The number of rotatable bonds is 4. The Morgan fingerprint density at radius 3 is 2.25 bits per heavy atom. The minimum atomic E-state index is 0.385. The average Bonchev–Trinajstić information content (AvgIpc) is 1.83. The molecule has 0 atom stereocenters. The summed E-state index contributed by atoms with van der Waals surface area (Å²) in [6, 6.07) is 0. The molecule has 0 saturated heterocycles. The molecule has 0 rings (SSSR count). The van der Waals surface area contributed by atoms with E-state index >= 15 is 0 Å². The molecule has 4 nitrogen and oxygen atoms in total. The summed E-state index contributed by atoms with van der Waals surface area (Å²) < 4.78 is 0. The zero-order valence-electron chi connectivity index (χ0n) is 4.20. The number of hydrogen-bond donors (Lipinski definition) is 1. The molecule has 0 heterocycles. The van der Waals surface area contributed by atoms with Crippen LogP contribution in [0.4, 0.5) is 0 Å². The van der Waals surface area contributed by atoms with Crippen molar-refractivity contribution in [3.63, 3.8) is 0 Å². The van der Waals surface area contributed by atoms with Crippen molar-refractivity contribution in [3.8, 4) is 0 Å². The number of carbonyl (C=O) groups excluding carboxylic acids is 2. The Labute approximate surface area is 46.7 Å². The summed E-state index contributed by atoms with van der Waals surface area (Å²) in [7, 11) is 0. The highest BCUT2D eigenvalue weighted by Gasteiger charge is 1.85. The summed E-state index contributed by atoms with van der Waals surface area (Å²) in [5.74, 6) is 0. The molecule has 44 valence electrons. The van der Waals surface area contributed by atoms with Crippen molar-refractivity contribution >= 4 is 12.8 Å². The first-order valence-corrected chi connectivity index (χ1v) is 1.91. The average molecular weight is 114 g/mol. The van der Waals surface area contributed by atoms with E-state index in [1.54, 1.807) is 0 Å². The molecule has 0 aliphatic carbocycles. The van der Waals surface area contributed by atoms with Crippen molar-refractivity contribution in [2.45, 2.75) is 0 Å². The summed E-state index contributed by atoms with van der Waals surface area (Å²) in [6.45, 7) is 3.22. The van der Waals surface area contributed by atoms with E-state index in [9.17, 15) is 9.59 Å². The van der Waals surface area contributed by atoms with Crippen molar-refractivity contribution in [2.24, 2.45) is 0 Å². The number of hydrogen-bond acceptors (Lipinski definition) is 2. The maximum absolute atomic E-state index is 9.76. The molecule has 0 unspecified atom stereocenters. The molecule has 0 spiro atoms. The largest absolute Gasteiger partial charge is 0.277 e. The quantitative estimate of drug-likeness (QED) is 0.386. The maximum Gasteiger partial charge on any atom is 0.232 e. The smallest absolute Gasteiger partial charge is 0.232 e. The van der Waals surface area contributed by atoms with Crippen molar-refractivity contribution in [1.82, 2.24) is 10.4 Å². The van der Waals surface area contributed by atoms with Gasteiger partial charge in [-0.2, -0.15) is 0 Å². The summed E-state index contributed by atoms with van der Waals surface area (Å²) in [4.78, 5) is 19.3. The van der Waals surface area contributed by atoms with E-state index in [1.165, 1.54) is 6.20 Å². The minimum absolute atomic E-state index is 0.385. The summed E-state index contributed by atoms with van der Waals surface area (Å²) in [6.07, 6.45) is 2.00. The number of hydrazine groups is 1. The van der Waals surface area contributed by atoms with Crippen LogP contribution in [0.5, 0.6) is 0 Å². The molecule has 0 aliphatic rings. The van der Waals surface area contributed by atoms with Crippen LogP contribution in [0.1, 0.15) is 0 Å². The highest BCUT2D eigenvalue weighted by atomic mass is 16.2. The van der Waals surface area contributed by atoms with Crippen LogP contribution < -0.4 is 5.43 Å². The van der Waals surface area contributed by atoms with Crippen LogP contribution >= 0.6 is 0 Å². The van der Waals surface area contributed by atoms with Crippen LogP contribution in [0.25, 0.3) is 0 Å². The number of carbonyl (C=O) groups is 2. The lowest BCUT2D eigenvalue weighted by molar-refractivity contribution is -0.124. The fourth-order valence-corrected chi connectivity index (χ4v) is 0.187. The van der Waals surface area contributed by atoms with Gasteiger partial charge < -0.3 is 0 Å². The van der Waals surface area contributed by atoms with Crippen LogP contribution in [-0.2, 0) is 9.59 Å². The van der Waals surface area contributed by atoms with E-state index < -0.39 is 0 Å². The standard InChI is InChI=1S/C4H6N2O2/c1-2-6(4-8)5-3-7/h2-4H,1H2,(H,5,7). The van der Waals surface area contributed by atoms with Gasteiger partial charge in [0.1, 0.15) is 0 Å². The fourth-order valence-electron chi connectivity index (χ4n) is 0.187. The monoisotopic (exact) mass is 114 g/mol. The Kier molecular flexibility index (Phi) is 3.22. The maximum atomic E-state index is 9.76. The lowest BCUT2D eigenvalue weighted by Crippen LogP contribution is -2.30. The minimum Gasteiger partial charge on any atom is -0.277 e. The molecule has 0 aromatic carbocycles. The van der Waals surface area contributed by atoms with Crippen molar-refractivity contribution in [1.29, 1.82) is 0 Å². The Hall–Kier alpha value is -1.32. The van der Waals surface area contributed by atoms with Gasteiger partial charge in [-0.1, -0.05) is 6.58 Å². The van der Waals surface area contributed by atoms with Crippen LogP contribution in [-0.4, -0.2) is 17.8 Å². The molecule has 0 radical (unpaired) electrons. The third-order valence-electron chi connectivity index (χ3n) is 0.512. The molecular weight excluding hydrogens is 108 g/mol. The van der Waals surface area contributed by atoms with E-state index in [1.807, 2.05) is 5.43 Å². The molecule has 0 bridgehead atoms. The summed E-state index contributed by atoms with van der Waals surface area (Å²) >= 11 is 0. The van der Waals surface area contributed by atoms with Crippen LogP contribution in [0.15, 0.2) is 12.8 Å². The molecule has 2 amide bonds. The second kappa shape index (κ2) is 3.86. The highest BCUT2D eigenvalue weighted by molar-refractivity contribution is 5.54. The second-order valence-electron chi connectivity index (χ2n) is 0.942. The molecule has 1 N–H and O–H groups in total. The molecule has 0 aromatic rings. The van der Waals surface area contributed by atoms with Gasteiger partial charge in [-0.25, -0.2) is 5.01 Å². The van der Waals surface area contributed by atoms with Gasteiger partial charge in [-0.15, -0.1) is 0 Å². The van der Waals surface area contributed by atoms with Crippen LogP contribution in [0, 0.1) is 0 Å². The van der Waals surface area contributed by atoms with Gasteiger partial charge in [0, 0.05) is 6.20 Å². The zero-order chi connectivity index (χ0) is 6.41. The number of nitrogens with one attached hydrogen (secondary N) is 1. The van der Waals surface area contributed by atoms with Crippen LogP contribution in [0.3, 0.4) is 0 Å². The van der Waals surface area contributed by atoms with Crippen molar-refractivity contribution < 1.29 is 9.59 Å². The third kappa shape index (κ3) is 1.96. The fraction of sp³-hybridized carbons (Fsp3) is 0. The SMILES string of the molecule is C=CN(C=O)NC=O. The van der Waals surface area contributed by atoms with E-state index in [4.69, 9.17) is 0 Å². The molecular formula is C4H6N2O2. The Morgan fingerprint density at radius 2 is 2.12 bits per heavy atom. The molecule has 8 heavy (non-hydrogen) atoms. The van der Waals surface area contributed by atoms with E-state index in [0.29, 0.717) is 12.8 Å². The van der Waals surface area contributed by atoms with Gasteiger partial charge in [0.25, 0.3) is 0 Å². The lowest BCUT2D eigenvalue weighted by Gasteiger charge is -2.05. The molecule has 4 heteroatoms. The van der Waals surface area contributed by atoms with E-state index in [-0.39, 0.29) is 0 Å². The van der Waals surface area contributed by atoms with Crippen LogP contribution in [0.2, 0.25) is 0 Å².